The molecule has 2 aromatic rings. The molecule has 0 spiro atoms. The summed E-state index contributed by atoms with van der Waals surface area (Å²) in [6.45, 7) is -0.287. The van der Waals surface area contributed by atoms with E-state index >= 15 is 0 Å². The fourth-order valence-corrected chi connectivity index (χ4v) is 4.68. The Morgan fingerprint density at radius 1 is 1.12 bits per heavy atom. The molecule has 2 aromatic carbocycles. The van der Waals surface area contributed by atoms with Crippen molar-refractivity contribution in [1.82, 2.24) is 19.6 Å². The normalized spacial score (nSPS) is 15.2. The molecule has 1 heterocycles. The summed E-state index contributed by atoms with van der Waals surface area (Å²) in [5.41, 5.74) is 1.45. The van der Waals surface area contributed by atoms with Crippen molar-refractivity contribution in [2.24, 2.45) is 0 Å². The van der Waals surface area contributed by atoms with Crippen molar-refractivity contribution < 1.29 is 32.7 Å². The highest BCUT2D eigenvalue weighted by Gasteiger charge is 2.37. The second kappa shape index (κ2) is 9.98. The Kier molecular flexibility index (Phi) is 7.31. The quantitative estimate of drug-likeness (QED) is 0.316. The van der Waals surface area contributed by atoms with Crippen molar-refractivity contribution in [3.63, 3.8) is 0 Å². The first-order chi connectivity index (χ1) is 15.6. The van der Waals surface area contributed by atoms with Gasteiger partial charge in [0.25, 0.3) is 5.91 Å². The van der Waals surface area contributed by atoms with Gasteiger partial charge >= 0.3 is 6.03 Å². The molecular weight excluding hydrogens is 452 g/mol. The van der Waals surface area contributed by atoms with E-state index in [1.54, 1.807) is 24.3 Å². The van der Waals surface area contributed by atoms with Crippen LogP contribution in [0.15, 0.2) is 59.5 Å². The van der Waals surface area contributed by atoms with Crippen molar-refractivity contribution in [2.45, 2.75) is 17.4 Å². The number of nitrogens with zero attached hydrogens (tertiary/aromatic N) is 3. The molecule has 12 heteroatoms. The lowest BCUT2D eigenvalue weighted by atomic mass is 10.2. The fraction of sp³-hybridized carbons (Fsp3) is 0.286. The summed E-state index contributed by atoms with van der Waals surface area (Å²) in [4.78, 5) is 38.3. The van der Waals surface area contributed by atoms with E-state index < -0.39 is 33.9 Å². The predicted octanol–water partition coefficient (Wildman–Crippen LogP) is 1.26. The number of carbonyl (C=O) groups excluding carboxylic acids is 3. The van der Waals surface area contributed by atoms with Gasteiger partial charge in [-0.25, -0.2) is 18.7 Å². The van der Waals surface area contributed by atoms with E-state index in [1.165, 1.54) is 48.7 Å². The zero-order valence-electron chi connectivity index (χ0n) is 18.0. The molecule has 3 rings (SSSR count). The van der Waals surface area contributed by atoms with E-state index in [2.05, 4.69) is 0 Å². The Hall–Kier alpha value is -3.48. The molecule has 1 saturated heterocycles. The van der Waals surface area contributed by atoms with Gasteiger partial charge in [-0.2, -0.15) is 4.31 Å². The molecular formula is C21H24N4O7S. The molecule has 176 valence electrons. The third-order valence-corrected chi connectivity index (χ3v) is 7.07. The van der Waals surface area contributed by atoms with Crippen LogP contribution in [-0.4, -0.2) is 78.8 Å². The maximum absolute atomic E-state index is 13.1. The minimum Gasteiger partial charge on any atom is -0.457 e. The Morgan fingerprint density at radius 3 is 2.27 bits per heavy atom. The number of hydrogen-bond donors (Lipinski definition) is 2. The van der Waals surface area contributed by atoms with Gasteiger partial charge < -0.3 is 9.64 Å². The van der Waals surface area contributed by atoms with Crippen LogP contribution in [-0.2, 0) is 19.6 Å². The number of ether oxygens (including phenoxy) is 1. The number of likely N-dealkylation sites (N-methyl/N-ethyl adjacent to an activating group) is 2. The molecule has 0 bridgehead atoms. The number of hydroxylamine groups is 1. The molecule has 0 saturated carbocycles. The molecule has 1 aliphatic heterocycles. The average Bonchev–Trinajstić information content (AvgIpc) is 3.05. The molecule has 1 atom stereocenters. The van der Waals surface area contributed by atoms with E-state index in [1.807, 2.05) is 6.07 Å². The van der Waals surface area contributed by atoms with Gasteiger partial charge in [-0.15, -0.1) is 0 Å². The second-order valence-electron chi connectivity index (χ2n) is 7.37. The molecule has 0 aliphatic carbocycles. The summed E-state index contributed by atoms with van der Waals surface area (Å²) in [5.74, 6) is -0.438. The number of benzene rings is 2. The van der Waals surface area contributed by atoms with E-state index in [0.717, 1.165) is 9.21 Å². The van der Waals surface area contributed by atoms with Crippen molar-refractivity contribution in [3.8, 4) is 11.5 Å². The molecule has 11 nitrogen and oxygen atoms in total. The van der Waals surface area contributed by atoms with Gasteiger partial charge in [0.05, 0.1) is 4.90 Å². The highest BCUT2D eigenvalue weighted by atomic mass is 32.2. The van der Waals surface area contributed by atoms with Gasteiger partial charge in [-0.05, 0) is 42.8 Å². The van der Waals surface area contributed by atoms with Crippen LogP contribution in [0.5, 0.6) is 11.5 Å². The number of sulfonamides is 1. The average molecular weight is 477 g/mol. The zero-order valence-corrected chi connectivity index (χ0v) is 18.9. The highest BCUT2D eigenvalue weighted by Crippen LogP contribution is 2.25. The van der Waals surface area contributed by atoms with E-state index in [-0.39, 0.29) is 24.4 Å². The van der Waals surface area contributed by atoms with Crippen molar-refractivity contribution >= 4 is 27.9 Å². The van der Waals surface area contributed by atoms with Gasteiger partial charge in [-0.1, -0.05) is 18.2 Å². The van der Waals surface area contributed by atoms with E-state index in [4.69, 9.17) is 9.94 Å². The number of carbonyl (C=O) groups is 3. The van der Waals surface area contributed by atoms with Crippen LogP contribution < -0.4 is 10.2 Å². The Balaban J connectivity index is 1.75. The Bertz CT molecular complexity index is 1120. The van der Waals surface area contributed by atoms with Gasteiger partial charge in [0, 0.05) is 20.6 Å². The molecule has 0 aromatic heterocycles. The number of nitrogens with one attached hydrogen (secondary N) is 1. The largest absolute Gasteiger partial charge is 0.457 e. The first-order valence-electron chi connectivity index (χ1n) is 9.95. The van der Waals surface area contributed by atoms with Crippen molar-refractivity contribution in [1.29, 1.82) is 0 Å². The van der Waals surface area contributed by atoms with Crippen LogP contribution in [0, 0.1) is 0 Å². The zero-order chi connectivity index (χ0) is 24.2. The third-order valence-electron chi connectivity index (χ3n) is 5.19. The molecule has 1 aliphatic rings. The monoisotopic (exact) mass is 476 g/mol. The number of para-hydroxylation sites is 1. The molecule has 1 fully saturated rings. The summed E-state index contributed by atoms with van der Waals surface area (Å²) >= 11 is 0. The lowest BCUT2D eigenvalue weighted by Crippen LogP contribution is -2.48. The standard InChI is InChI=1S/C21H24N4O7S/c1-23-14-19(26)25(21(23)28)13-12-18(20(27)22-29)24(2)33(30,31)17-10-8-16(9-11-17)32-15-6-4-3-5-7-15/h3-11,18,29H,12-14H2,1-2H3,(H,22,27). The fourth-order valence-electron chi connectivity index (χ4n) is 3.33. The summed E-state index contributed by atoms with van der Waals surface area (Å²) in [6.07, 6.45) is -0.206. The number of amides is 4. The third kappa shape index (κ3) is 5.30. The van der Waals surface area contributed by atoms with E-state index in [0.29, 0.717) is 11.5 Å². The smallest absolute Gasteiger partial charge is 0.326 e. The van der Waals surface area contributed by atoms with Gasteiger partial charge in [0.1, 0.15) is 24.1 Å². The molecule has 33 heavy (non-hydrogen) atoms. The van der Waals surface area contributed by atoms with Crippen LogP contribution >= 0.6 is 0 Å². The number of imide groups is 1. The Labute approximate surface area is 191 Å². The van der Waals surface area contributed by atoms with E-state index in [9.17, 15) is 22.8 Å². The molecule has 2 N–H and O–H groups in total. The lowest BCUT2D eigenvalue weighted by molar-refractivity contribution is -0.134. The highest BCUT2D eigenvalue weighted by molar-refractivity contribution is 7.89. The van der Waals surface area contributed by atoms with Crippen molar-refractivity contribution in [2.75, 3.05) is 27.2 Å². The minimum absolute atomic E-state index is 0.0960. The van der Waals surface area contributed by atoms with Gasteiger partial charge in [0.2, 0.25) is 15.9 Å². The number of hydrogen-bond acceptors (Lipinski definition) is 7. The SMILES string of the molecule is CN1CC(=O)N(CCC(C(=O)NO)N(C)S(=O)(=O)c2ccc(Oc3ccccc3)cc2)C1=O. The summed E-state index contributed by atoms with van der Waals surface area (Å²) < 4.78 is 32.7. The van der Waals surface area contributed by atoms with Crippen LogP contribution in [0.4, 0.5) is 4.79 Å². The van der Waals surface area contributed by atoms with Gasteiger partial charge in [0.15, 0.2) is 0 Å². The summed E-state index contributed by atoms with van der Waals surface area (Å²) in [5, 5.41) is 9.11. The topological polar surface area (TPSA) is 137 Å². The Morgan fingerprint density at radius 2 is 1.73 bits per heavy atom. The van der Waals surface area contributed by atoms with Gasteiger partial charge in [-0.3, -0.25) is 19.7 Å². The summed E-state index contributed by atoms with van der Waals surface area (Å²) in [6, 6.07) is 12.7. The lowest BCUT2D eigenvalue weighted by Gasteiger charge is -2.27. The molecule has 1 unspecified atom stereocenters. The van der Waals surface area contributed by atoms with Crippen molar-refractivity contribution in [3.05, 3.63) is 54.6 Å². The molecule has 0 radical (unpaired) electrons. The first kappa shape index (κ1) is 24.2. The number of urea groups is 1. The summed E-state index contributed by atoms with van der Waals surface area (Å²) in [7, 11) is -1.52. The van der Waals surface area contributed by atoms with Crippen LogP contribution in [0.25, 0.3) is 0 Å². The van der Waals surface area contributed by atoms with Crippen LogP contribution in [0.1, 0.15) is 6.42 Å². The van der Waals surface area contributed by atoms with Crippen LogP contribution in [0.2, 0.25) is 0 Å². The first-order valence-corrected chi connectivity index (χ1v) is 11.4. The maximum atomic E-state index is 13.1. The number of rotatable bonds is 9. The maximum Gasteiger partial charge on any atom is 0.326 e. The molecule has 4 amide bonds. The second-order valence-corrected chi connectivity index (χ2v) is 9.37. The minimum atomic E-state index is -4.16. The predicted molar refractivity (Wildman–Crippen MR) is 116 cm³/mol. The van der Waals surface area contributed by atoms with Crippen LogP contribution in [0.3, 0.4) is 0 Å².